The fraction of sp³-hybridized carbons (Fsp3) is 0.333. The van der Waals surface area contributed by atoms with Crippen molar-refractivity contribution in [2.24, 2.45) is 0 Å². The van der Waals surface area contributed by atoms with Gasteiger partial charge in [-0.15, -0.1) is 0 Å². The summed E-state index contributed by atoms with van der Waals surface area (Å²) in [5, 5.41) is 0. The monoisotopic (exact) mass is 256 g/mol. The average molecular weight is 256 g/mol. The highest BCUT2D eigenvalue weighted by molar-refractivity contribution is 14.1. The van der Waals surface area contributed by atoms with Gasteiger partial charge in [-0.1, -0.05) is 11.6 Å². The number of halogens is 5. The highest BCUT2D eigenvalue weighted by atomic mass is 127. The molecule has 0 nitrogen and oxygen atoms in total. The van der Waals surface area contributed by atoms with E-state index in [0.717, 1.165) is 0 Å². The van der Waals surface area contributed by atoms with E-state index in [1.807, 2.05) is 0 Å². The third-order valence-corrected chi connectivity index (χ3v) is 0.693. The number of allylic oxidation sites excluding steroid dienone is 1. The molecule has 0 amide bonds. The molecule has 0 unspecified atom stereocenters. The molecule has 0 bridgehead atoms. The van der Waals surface area contributed by atoms with Crippen LogP contribution >= 0.6 is 34.2 Å². The van der Waals surface area contributed by atoms with Crippen molar-refractivity contribution >= 4 is 34.2 Å². The lowest BCUT2D eigenvalue weighted by molar-refractivity contribution is -0.0797. The quantitative estimate of drug-likeness (QED) is 0.584. The van der Waals surface area contributed by atoms with Crippen molar-refractivity contribution in [1.82, 2.24) is 0 Å². The van der Waals surface area contributed by atoms with E-state index in [9.17, 15) is 13.2 Å². The summed E-state index contributed by atoms with van der Waals surface area (Å²) in [5.41, 5.74) is 0. The smallest absolute Gasteiger partial charge is 0.167 e. The Hall–Kier alpha value is 0.550. The van der Waals surface area contributed by atoms with Gasteiger partial charge in [-0.2, -0.15) is 13.2 Å². The Morgan fingerprint density at radius 1 is 1.50 bits per heavy atom. The van der Waals surface area contributed by atoms with E-state index in [-0.39, 0.29) is 9.12 Å². The minimum absolute atomic E-state index is 0.0229. The Morgan fingerprint density at radius 2 is 1.88 bits per heavy atom. The molecular formula is C3HClF3I. The summed E-state index contributed by atoms with van der Waals surface area (Å²) in [4.78, 5) is 0. The molecule has 0 heterocycles. The van der Waals surface area contributed by atoms with Crippen LogP contribution in [0.1, 0.15) is 0 Å². The molecule has 0 saturated carbocycles. The first-order chi connectivity index (χ1) is 3.42. The lowest BCUT2D eigenvalue weighted by Gasteiger charge is -1.95. The van der Waals surface area contributed by atoms with E-state index in [1.165, 1.54) is 22.6 Å². The van der Waals surface area contributed by atoms with Crippen LogP contribution in [0.25, 0.3) is 0 Å². The van der Waals surface area contributed by atoms with Crippen molar-refractivity contribution in [3.63, 3.8) is 0 Å². The van der Waals surface area contributed by atoms with Crippen molar-refractivity contribution in [2.45, 2.75) is 6.18 Å². The van der Waals surface area contributed by atoms with Gasteiger partial charge in [0, 0.05) is 6.08 Å². The molecule has 0 saturated heterocycles. The van der Waals surface area contributed by atoms with Crippen LogP contribution in [-0.2, 0) is 0 Å². The summed E-state index contributed by atoms with van der Waals surface area (Å²) in [6, 6.07) is 0. The molecular weight excluding hydrogens is 255 g/mol. The molecule has 0 aromatic heterocycles. The zero-order valence-corrected chi connectivity index (χ0v) is 6.38. The normalized spacial score (nSPS) is 14.4. The van der Waals surface area contributed by atoms with Crippen LogP contribution in [0.3, 0.4) is 0 Å². The fourth-order valence-electron chi connectivity index (χ4n) is 0.124. The first kappa shape index (κ1) is 8.55. The van der Waals surface area contributed by atoms with E-state index in [4.69, 9.17) is 11.6 Å². The van der Waals surface area contributed by atoms with E-state index < -0.39 is 6.18 Å². The van der Waals surface area contributed by atoms with Crippen molar-refractivity contribution in [2.75, 3.05) is 0 Å². The summed E-state index contributed by atoms with van der Waals surface area (Å²) in [6.45, 7) is 0. The standard InChI is InChI=1S/C3HClF3I/c4-2(8)1-3(5,6)7/h1H. The SMILES string of the molecule is FC(F)(F)C=C(Cl)I. The summed E-state index contributed by atoms with van der Waals surface area (Å²) in [6.07, 6.45) is -4.26. The number of rotatable bonds is 0. The van der Waals surface area contributed by atoms with E-state index in [1.54, 1.807) is 0 Å². The highest BCUT2D eigenvalue weighted by Gasteiger charge is 2.23. The highest BCUT2D eigenvalue weighted by Crippen LogP contribution is 2.23. The lowest BCUT2D eigenvalue weighted by Crippen LogP contribution is -2.00. The summed E-state index contributed by atoms with van der Waals surface area (Å²) < 4.78 is 33.1. The predicted octanol–water partition coefficient (Wildman–Crippen LogP) is 3.06. The predicted molar refractivity (Wildman–Crippen MR) is 34.0 cm³/mol. The Balaban J connectivity index is 3.89. The number of hydrogen-bond donors (Lipinski definition) is 0. The molecule has 0 atom stereocenters. The van der Waals surface area contributed by atoms with Gasteiger partial charge in [0.05, 0.1) is 3.04 Å². The van der Waals surface area contributed by atoms with Crippen LogP contribution in [0.5, 0.6) is 0 Å². The van der Waals surface area contributed by atoms with Crippen molar-refractivity contribution in [3.05, 3.63) is 9.12 Å². The average Bonchev–Trinajstić information content (AvgIpc) is 1.21. The maximum Gasteiger partial charge on any atom is 0.411 e. The van der Waals surface area contributed by atoms with Gasteiger partial charge in [0.15, 0.2) is 0 Å². The second-order valence-electron chi connectivity index (χ2n) is 0.976. The van der Waals surface area contributed by atoms with Gasteiger partial charge in [-0.3, -0.25) is 0 Å². The third-order valence-electron chi connectivity index (χ3n) is 0.273. The topological polar surface area (TPSA) is 0 Å². The minimum atomic E-state index is -4.28. The summed E-state index contributed by atoms with van der Waals surface area (Å²) >= 11 is 6.26. The van der Waals surface area contributed by atoms with Crippen LogP contribution in [0.2, 0.25) is 0 Å². The van der Waals surface area contributed by atoms with Gasteiger partial charge in [-0.25, -0.2) is 0 Å². The molecule has 0 rings (SSSR count). The molecule has 0 spiro atoms. The van der Waals surface area contributed by atoms with Gasteiger partial charge in [0.25, 0.3) is 0 Å². The molecule has 5 heteroatoms. The summed E-state index contributed by atoms with van der Waals surface area (Å²) in [5.74, 6) is 0. The molecule has 0 aliphatic carbocycles. The summed E-state index contributed by atoms with van der Waals surface area (Å²) in [7, 11) is 0. The molecule has 0 aliphatic rings. The van der Waals surface area contributed by atoms with Crippen LogP contribution in [-0.4, -0.2) is 6.18 Å². The molecule has 0 aromatic carbocycles. The molecule has 0 aromatic rings. The van der Waals surface area contributed by atoms with Gasteiger partial charge in [0.1, 0.15) is 0 Å². The first-order valence-corrected chi connectivity index (χ1v) is 2.98. The van der Waals surface area contributed by atoms with Gasteiger partial charge in [-0.05, 0) is 22.6 Å². The number of hydrogen-bond acceptors (Lipinski definition) is 0. The van der Waals surface area contributed by atoms with Gasteiger partial charge >= 0.3 is 6.18 Å². The molecule has 8 heavy (non-hydrogen) atoms. The largest absolute Gasteiger partial charge is 0.411 e. The molecule has 0 radical (unpaired) electrons. The number of alkyl halides is 3. The molecule has 0 N–H and O–H groups in total. The Kier molecular flexibility index (Phi) is 3.11. The van der Waals surface area contributed by atoms with Crippen LogP contribution < -0.4 is 0 Å². The molecule has 48 valence electrons. The third kappa shape index (κ3) is 6.55. The second kappa shape index (κ2) is 2.91. The van der Waals surface area contributed by atoms with Gasteiger partial charge < -0.3 is 0 Å². The Morgan fingerprint density at radius 3 is 1.88 bits per heavy atom. The van der Waals surface area contributed by atoms with Crippen molar-refractivity contribution in [3.8, 4) is 0 Å². The second-order valence-corrected chi connectivity index (χ2v) is 3.18. The van der Waals surface area contributed by atoms with Crippen LogP contribution in [0.15, 0.2) is 9.12 Å². The zero-order chi connectivity index (χ0) is 6.78. The van der Waals surface area contributed by atoms with Crippen LogP contribution in [0.4, 0.5) is 13.2 Å². The fourth-order valence-corrected chi connectivity index (χ4v) is 0.601. The van der Waals surface area contributed by atoms with Crippen molar-refractivity contribution in [1.29, 1.82) is 0 Å². The molecule has 0 fully saturated rings. The van der Waals surface area contributed by atoms with Crippen molar-refractivity contribution < 1.29 is 13.2 Å². The zero-order valence-electron chi connectivity index (χ0n) is 3.47. The maximum absolute atomic E-state index is 11.1. The molecule has 0 aliphatic heterocycles. The Labute approximate surface area is 62.8 Å². The van der Waals surface area contributed by atoms with E-state index in [0.29, 0.717) is 0 Å². The Bertz CT molecular complexity index is 102. The lowest BCUT2D eigenvalue weighted by atomic mass is 10.6. The van der Waals surface area contributed by atoms with E-state index >= 15 is 0 Å². The first-order valence-electron chi connectivity index (χ1n) is 1.52. The van der Waals surface area contributed by atoms with Crippen LogP contribution in [0, 0.1) is 0 Å². The van der Waals surface area contributed by atoms with E-state index in [2.05, 4.69) is 0 Å². The maximum atomic E-state index is 11.1. The van der Waals surface area contributed by atoms with Gasteiger partial charge in [0.2, 0.25) is 0 Å². The minimum Gasteiger partial charge on any atom is -0.167 e.